The Bertz CT molecular complexity index is 1030. The number of aliphatic hydroxyl groups is 4. The molecule has 2 aromatic carbocycles. The number of hydrogen-bond acceptors (Lipinski definition) is 8. The van der Waals surface area contributed by atoms with Gasteiger partial charge in [-0.25, -0.2) is 0 Å². The molecule has 1 fully saturated rings. The van der Waals surface area contributed by atoms with Crippen LogP contribution in [0.25, 0.3) is 0 Å². The van der Waals surface area contributed by atoms with E-state index in [4.69, 9.17) is 11.2 Å². The van der Waals surface area contributed by atoms with Gasteiger partial charge in [-0.2, -0.15) is 0 Å². The first kappa shape index (κ1) is 26.3. The van der Waals surface area contributed by atoms with E-state index in [1.54, 1.807) is 53.4 Å². The van der Waals surface area contributed by atoms with Crippen molar-refractivity contribution in [1.82, 2.24) is 10.2 Å². The molecule has 0 unspecified atom stereocenters. The number of aliphatic hydroxyl groups excluding tert-OH is 4. The van der Waals surface area contributed by atoms with Crippen molar-refractivity contribution >= 4 is 11.7 Å². The lowest BCUT2D eigenvalue weighted by Gasteiger charge is -2.43. The van der Waals surface area contributed by atoms with Crippen LogP contribution in [0.5, 0.6) is 5.75 Å². The Morgan fingerprint density at radius 3 is 2.20 bits per heavy atom. The van der Waals surface area contributed by atoms with Crippen molar-refractivity contribution in [3.63, 3.8) is 0 Å². The van der Waals surface area contributed by atoms with E-state index in [0.717, 1.165) is 0 Å². The molecule has 1 saturated heterocycles. The van der Waals surface area contributed by atoms with Crippen LogP contribution in [0.2, 0.25) is 0 Å². The van der Waals surface area contributed by atoms with Gasteiger partial charge in [0.15, 0.2) is 5.78 Å². The molecule has 2 aromatic rings. The maximum absolute atomic E-state index is 12.7. The molecule has 0 spiro atoms. The molecular weight excluding hydrogens is 452 g/mol. The Morgan fingerprint density at radius 2 is 1.60 bits per heavy atom. The molecule has 0 saturated carbocycles. The number of carbonyl (C=O) groups is 2. The van der Waals surface area contributed by atoms with E-state index in [0.29, 0.717) is 42.0 Å². The first-order chi connectivity index (χ1) is 16.8. The Hall–Kier alpha value is -3.26. The summed E-state index contributed by atoms with van der Waals surface area (Å²) in [6, 6.07) is 12.3. The van der Waals surface area contributed by atoms with Crippen molar-refractivity contribution in [2.45, 2.75) is 30.8 Å². The number of ether oxygens (including phenoxy) is 1. The quantitative estimate of drug-likeness (QED) is 0.178. The summed E-state index contributed by atoms with van der Waals surface area (Å²) in [5.41, 5.74) is 1.33. The number of piperidine rings is 1. The lowest BCUT2D eigenvalue weighted by molar-refractivity contribution is -0.144. The highest BCUT2D eigenvalue weighted by Crippen LogP contribution is 2.19. The summed E-state index contributed by atoms with van der Waals surface area (Å²) >= 11 is 0. The highest BCUT2D eigenvalue weighted by Gasteiger charge is 2.40. The van der Waals surface area contributed by atoms with Gasteiger partial charge in [-0.15, -0.1) is 6.42 Å². The van der Waals surface area contributed by atoms with Crippen molar-refractivity contribution in [2.75, 3.05) is 32.8 Å². The number of β-amino-alcohol motifs (C(OH)–C–C–N with tert-alkyl or cyclic N) is 1. The van der Waals surface area contributed by atoms with Crippen molar-refractivity contribution < 1.29 is 34.8 Å². The van der Waals surface area contributed by atoms with Gasteiger partial charge in [-0.05, 0) is 42.8 Å². The predicted octanol–water partition coefficient (Wildman–Crippen LogP) is -0.191. The first-order valence-electron chi connectivity index (χ1n) is 11.3. The zero-order valence-corrected chi connectivity index (χ0v) is 19.2. The second-order valence-electron chi connectivity index (χ2n) is 8.33. The van der Waals surface area contributed by atoms with Crippen LogP contribution in [-0.2, 0) is 0 Å². The summed E-state index contributed by atoms with van der Waals surface area (Å²) in [4.78, 5) is 26.8. The molecule has 1 aliphatic heterocycles. The average Bonchev–Trinajstić information content (AvgIpc) is 2.88. The number of nitrogens with zero attached hydrogens (tertiary/aromatic N) is 1. The summed E-state index contributed by atoms with van der Waals surface area (Å²) in [5.74, 6) is 2.46. The van der Waals surface area contributed by atoms with Gasteiger partial charge in [0, 0.05) is 36.3 Å². The summed E-state index contributed by atoms with van der Waals surface area (Å²) in [6.07, 6.45) is 2.01. The number of nitrogens with one attached hydrogen (secondary N) is 1. The molecule has 1 amide bonds. The molecule has 35 heavy (non-hydrogen) atoms. The Morgan fingerprint density at radius 1 is 1.00 bits per heavy atom. The van der Waals surface area contributed by atoms with Gasteiger partial charge >= 0.3 is 0 Å². The molecule has 9 nitrogen and oxygen atoms in total. The molecule has 0 radical (unpaired) electrons. The third kappa shape index (κ3) is 6.66. The predicted molar refractivity (Wildman–Crippen MR) is 128 cm³/mol. The van der Waals surface area contributed by atoms with E-state index in [1.165, 1.54) is 0 Å². The second kappa shape index (κ2) is 12.4. The molecule has 1 aliphatic rings. The van der Waals surface area contributed by atoms with E-state index in [2.05, 4.69) is 11.2 Å². The third-order valence-corrected chi connectivity index (χ3v) is 5.97. The SMILES string of the molecule is C#CCOc1ccc(C(=O)c2ccc(C(=O)NCCCN3C[C@H](O)[C@@H](O)[C@H](O)[C@H]3CO)cc2)cc1. The lowest BCUT2D eigenvalue weighted by Crippen LogP contribution is -2.62. The van der Waals surface area contributed by atoms with E-state index in [1.807, 2.05) is 0 Å². The zero-order chi connectivity index (χ0) is 25.4. The maximum atomic E-state index is 12.7. The van der Waals surface area contributed by atoms with Crippen LogP contribution in [0.15, 0.2) is 48.5 Å². The van der Waals surface area contributed by atoms with Gasteiger partial charge in [0.2, 0.25) is 0 Å². The summed E-state index contributed by atoms with van der Waals surface area (Å²) < 4.78 is 5.30. The van der Waals surface area contributed by atoms with E-state index >= 15 is 0 Å². The van der Waals surface area contributed by atoms with Gasteiger partial charge in [0.05, 0.1) is 18.8 Å². The Kier molecular flexibility index (Phi) is 9.37. The van der Waals surface area contributed by atoms with E-state index in [9.17, 15) is 30.0 Å². The standard InChI is InChI=1S/C26H30N2O7/c1-2-14-35-20-10-8-18(9-11-20)23(31)17-4-6-19(7-5-17)26(34)27-12-3-13-28-15-22(30)25(33)24(32)21(28)16-29/h1,4-11,21-22,24-25,29-30,32-33H,3,12-16H2,(H,27,34)/t21-,22+,24-,25-/m1/s1. The largest absolute Gasteiger partial charge is 0.481 e. The van der Waals surface area contributed by atoms with Crippen LogP contribution in [0, 0.1) is 12.3 Å². The fourth-order valence-corrected chi connectivity index (χ4v) is 3.99. The lowest BCUT2D eigenvalue weighted by atomic mass is 9.94. The van der Waals surface area contributed by atoms with Crippen LogP contribution in [0.4, 0.5) is 0 Å². The van der Waals surface area contributed by atoms with Crippen molar-refractivity contribution in [1.29, 1.82) is 0 Å². The molecule has 0 aromatic heterocycles. The average molecular weight is 483 g/mol. The number of rotatable bonds is 10. The number of amides is 1. The Balaban J connectivity index is 1.48. The second-order valence-corrected chi connectivity index (χ2v) is 8.33. The molecular formula is C26H30N2O7. The fourth-order valence-electron chi connectivity index (χ4n) is 3.99. The van der Waals surface area contributed by atoms with Crippen molar-refractivity contribution in [2.24, 2.45) is 0 Å². The van der Waals surface area contributed by atoms with E-state index in [-0.39, 0.29) is 31.4 Å². The zero-order valence-electron chi connectivity index (χ0n) is 19.2. The fraction of sp³-hybridized carbons (Fsp3) is 0.385. The number of likely N-dealkylation sites (tertiary alicyclic amines) is 1. The minimum atomic E-state index is -1.30. The van der Waals surface area contributed by atoms with Gasteiger partial charge in [0.25, 0.3) is 5.91 Å². The molecule has 1 heterocycles. The number of benzene rings is 2. The van der Waals surface area contributed by atoms with Crippen LogP contribution >= 0.6 is 0 Å². The van der Waals surface area contributed by atoms with Crippen LogP contribution in [0.3, 0.4) is 0 Å². The minimum Gasteiger partial charge on any atom is -0.481 e. The molecule has 9 heteroatoms. The molecule has 4 atom stereocenters. The molecule has 5 N–H and O–H groups in total. The number of carbonyl (C=O) groups excluding carboxylic acids is 2. The molecule has 0 bridgehead atoms. The summed E-state index contributed by atoms with van der Waals surface area (Å²) in [6.45, 7) is 0.650. The van der Waals surface area contributed by atoms with Crippen LogP contribution < -0.4 is 10.1 Å². The van der Waals surface area contributed by atoms with Gasteiger partial charge in [-0.3, -0.25) is 14.5 Å². The van der Waals surface area contributed by atoms with Gasteiger partial charge in [-0.1, -0.05) is 18.1 Å². The van der Waals surface area contributed by atoms with Crippen molar-refractivity contribution in [3.05, 3.63) is 65.2 Å². The first-order valence-corrected chi connectivity index (χ1v) is 11.3. The smallest absolute Gasteiger partial charge is 0.251 e. The third-order valence-electron chi connectivity index (χ3n) is 5.97. The number of ketones is 1. The monoisotopic (exact) mass is 482 g/mol. The topological polar surface area (TPSA) is 140 Å². The normalized spacial score (nSPS) is 22.3. The summed E-state index contributed by atoms with van der Waals surface area (Å²) in [5, 5.41) is 42.0. The molecule has 186 valence electrons. The van der Waals surface area contributed by atoms with Gasteiger partial charge < -0.3 is 30.5 Å². The van der Waals surface area contributed by atoms with E-state index < -0.39 is 24.4 Å². The van der Waals surface area contributed by atoms with Crippen LogP contribution in [0.1, 0.15) is 32.7 Å². The molecule has 0 aliphatic carbocycles. The van der Waals surface area contributed by atoms with Gasteiger partial charge in [0.1, 0.15) is 24.6 Å². The molecule has 3 rings (SSSR count). The van der Waals surface area contributed by atoms with Crippen LogP contribution in [-0.4, -0.2) is 94.2 Å². The maximum Gasteiger partial charge on any atom is 0.251 e. The summed E-state index contributed by atoms with van der Waals surface area (Å²) in [7, 11) is 0. The number of hydrogen-bond donors (Lipinski definition) is 5. The van der Waals surface area contributed by atoms with Crippen molar-refractivity contribution in [3.8, 4) is 18.1 Å². The minimum absolute atomic E-state index is 0.119. The number of terminal acetylenes is 1. The highest BCUT2D eigenvalue weighted by atomic mass is 16.5. The Labute approximate surface area is 204 Å². The highest BCUT2D eigenvalue weighted by molar-refractivity contribution is 6.09.